The van der Waals surface area contributed by atoms with Gasteiger partial charge in [-0.25, -0.2) is 0 Å². The van der Waals surface area contributed by atoms with Crippen molar-refractivity contribution < 1.29 is 9.59 Å². The Hall–Kier alpha value is -3.25. The number of hydrogen-bond acceptors (Lipinski definition) is 6. The summed E-state index contributed by atoms with van der Waals surface area (Å²) in [5.74, 6) is 0. The highest BCUT2D eigenvalue weighted by molar-refractivity contribution is 7.00. The molecule has 0 radical (unpaired) electrons. The number of rotatable bonds is 4. The fourth-order valence-electron chi connectivity index (χ4n) is 2.66. The highest BCUT2D eigenvalue weighted by atomic mass is 32.1. The number of hydrogen-bond donors (Lipinski definition) is 0. The van der Waals surface area contributed by atoms with Crippen molar-refractivity contribution in [1.82, 2.24) is 13.7 Å². The van der Waals surface area contributed by atoms with Crippen LogP contribution in [0.25, 0.3) is 33.4 Å². The van der Waals surface area contributed by atoms with Crippen molar-refractivity contribution in [2.45, 2.75) is 0 Å². The summed E-state index contributed by atoms with van der Waals surface area (Å²) in [5.41, 5.74) is 6.14. The van der Waals surface area contributed by atoms with Gasteiger partial charge in [-0.1, -0.05) is 48.5 Å². The van der Waals surface area contributed by atoms with Crippen molar-refractivity contribution in [1.29, 1.82) is 0 Å². The lowest BCUT2D eigenvalue weighted by molar-refractivity contribution is 0.111. The molecule has 0 spiro atoms. The summed E-state index contributed by atoms with van der Waals surface area (Å²) in [6.45, 7) is 0. The number of pyridine rings is 1. The van der Waals surface area contributed by atoms with Gasteiger partial charge in [0.1, 0.15) is 23.6 Å². The van der Waals surface area contributed by atoms with Crippen LogP contribution in [-0.2, 0) is 0 Å². The van der Waals surface area contributed by atoms with Gasteiger partial charge >= 0.3 is 0 Å². The van der Waals surface area contributed by atoms with Gasteiger partial charge in [0, 0.05) is 28.5 Å². The summed E-state index contributed by atoms with van der Waals surface area (Å²) >= 11 is 1.13. The summed E-state index contributed by atoms with van der Waals surface area (Å²) < 4.78 is 8.82. The first-order valence-electron chi connectivity index (χ1n) is 7.52. The molecule has 6 heteroatoms. The monoisotopic (exact) mass is 345 g/mol. The topological polar surface area (TPSA) is 72.8 Å². The minimum absolute atomic E-state index is 0.614. The SMILES string of the molecule is O=Cc1ccc(-c2cnc(-c3ccc(C=O)cc3)c3nsnc23)cc1. The van der Waals surface area contributed by atoms with E-state index in [2.05, 4.69) is 13.7 Å². The van der Waals surface area contributed by atoms with Crippen LogP contribution in [0.15, 0.2) is 54.7 Å². The molecule has 5 nitrogen and oxygen atoms in total. The lowest BCUT2D eigenvalue weighted by Gasteiger charge is -2.06. The van der Waals surface area contributed by atoms with Crippen LogP contribution in [0.4, 0.5) is 0 Å². The molecule has 2 aromatic heterocycles. The summed E-state index contributed by atoms with van der Waals surface area (Å²) in [6.07, 6.45) is 3.39. The lowest BCUT2D eigenvalue weighted by atomic mass is 10.0. The van der Waals surface area contributed by atoms with Crippen molar-refractivity contribution in [2.75, 3.05) is 0 Å². The average Bonchev–Trinajstić information content (AvgIpc) is 3.17. The van der Waals surface area contributed by atoms with Crippen LogP contribution in [-0.4, -0.2) is 26.3 Å². The van der Waals surface area contributed by atoms with Gasteiger partial charge in [-0.05, 0) is 5.56 Å². The Morgan fingerprint density at radius 1 is 0.720 bits per heavy atom. The molecule has 0 amide bonds. The molecule has 0 saturated heterocycles. The Balaban J connectivity index is 1.85. The zero-order valence-electron chi connectivity index (χ0n) is 12.9. The molecular weight excluding hydrogens is 334 g/mol. The van der Waals surface area contributed by atoms with Crippen molar-refractivity contribution in [3.63, 3.8) is 0 Å². The van der Waals surface area contributed by atoms with E-state index in [1.165, 1.54) is 0 Å². The lowest BCUT2D eigenvalue weighted by Crippen LogP contribution is -1.90. The highest BCUT2D eigenvalue weighted by Gasteiger charge is 2.14. The fraction of sp³-hybridized carbons (Fsp3) is 0. The smallest absolute Gasteiger partial charge is 0.150 e. The van der Waals surface area contributed by atoms with Crippen molar-refractivity contribution in [3.8, 4) is 22.4 Å². The van der Waals surface area contributed by atoms with E-state index >= 15 is 0 Å². The predicted molar refractivity (Wildman–Crippen MR) is 96.9 cm³/mol. The molecule has 0 bridgehead atoms. The Morgan fingerprint density at radius 3 is 1.88 bits per heavy atom. The minimum Gasteiger partial charge on any atom is -0.298 e. The number of carbonyl (C=O) groups is 2. The molecule has 0 N–H and O–H groups in total. The Bertz CT molecular complexity index is 985. The Morgan fingerprint density at radius 2 is 1.28 bits per heavy atom. The second kappa shape index (κ2) is 6.33. The minimum atomic E-state index is 0.614. The van der Waals surface area contributed by atoms with Crippen LogP contribution in [0.5, 0.6) is 0 Å². The third-order valence-electron chi connectivity index (χ3n) is 3.97. The van der Waals surface area contributed by atoms with E-state index in [-0.39, 0.29) is 0 Å². The number of benzene rings is 2. The van der Waals surface area contributed by atoms with E-state index in [9.17, 15) is 9.59 Å². The molecule has 25 heavy (non-hydrogen) atoms. The Labute approximate surface area is 147 Å². The van der Waals surface area contributed by atoms with Gasteiger partial charge < -0.3 is 0 Å². The number of fused-ring (bicyclic) bond motifs is 1. The molecule has 4 aromatic rings. The summed E-state index contributed by atoms with van der Waals surface area (Å²) in [7, 11) is 0. The molecule has 120 valence electrons. The normalized spacial score (nSPS) is 10.7. The second-order valence-electron chi connectivity index (χ2n) is 5.46. The zero-order chi connectivity index (χ0) is 17.2. The number of aldehydes is 2. The average molecular weight is 345 g/mol. The number of nitrogens with zero attached hydrogens (tertiary/aromatic N) is 3. The molecular formula is C19H11N3O2S. The molecule has 2 heterocycles. The van der Waals surface area contributed by atoms with Crippen LogP contribution in [0.2, 0.25) is 0 Å². The molecule has 0 atom stereocenters. The maximum Gasteiger partial charge on any atom is 0.150 e. The van der Waals surface area contributed by atoms with Crippen molar-refractivity contribution in [2.24, 2.45) is 0 Å². The van der Waals surface area contributed by atoms with Gasteiger partial charge in [0.15, 0.2) is 0 Å². The number of aromatic nitrogens is 3. The van der Waals surface area contributed by atoms with Gasteiger partial charge in [0.2, 0.25) is 0 Å². The van der Waals surface area contributed by atoms with Gasteiger partial charge in [-0.3, -0.25) is 14.6 Å². The van der Waals surface area contributed by atoms with E-state index in [1.54, 1.807) is 30.5 Å². The van der Waals surface area contributed by atoms with Crippen LogP contribution >= 0.6 is 11.7 Å². The van der Waals surface area contributed by atoms with E-state index in [0.717, 1.165) is 57.7 Å². The third-order valence-corrected chi connectivity index (χ3v) is 4.50. The second-order valence-corrected chi connectivity index (χ2v) is 5.99. The van der Waals surface area contributed by atoms with E-state index in [1.807, 2.05) is 24.3 Å². The maximum absolute atomic E-state index is 10.8. The van der Waals surface area contributed by atoms with Crippen molar-refractivity contribution in [3.05, 3.63) is 65.9 Å². The van der Waals surface area contributed by atoms with Crippen LogP contribution in [0, 0.1) is 0 Å². The van der Waals surface area contributed by atoms with Crippen LogP contribution < -0.4 is 0 Å². The molecule has 0 saturated carbocycles. The molecule has 0 aliphatic heterocycles. The zero-order valence-corrected chi connectivity index (χ0v) is 13.7. The maximum atomic E-state index is 10.8. The molecule has 0 unspecified atom stereocenters. The molecule has 0 fully saturated rings. The molecule has 2 aromatic carbocycles. The summed E-state index contributed by atoms with van der Waals surface area (Å²) in [6, 6.07) is 14.5. The molecule has 4 rings (SSSR count). The van der Waals surface area contributed by atoms with Crippen molar-refractivity contribution >= 4 is 35.3 Å². The van der Waals surface area contributed by atoms with Gasteiger partial charge in [-0.2, -0.15) is 8.75 Å². The highest BCUT2D eigenvalue weighted by Crippen LogP contribution is 2.32. The Kier molecular flexibility index (Phi) is 3.87. The van der Waals surface area contributed by atoms with Crippen LogP contribution in [0.1, 0.15) is 20.7 Å². The van der Waals surface area contributed by atoms with Crippen LogP contribution in [0.3, 0.4) is 0 Å². The number of carbonyl (C=O) groups excluding carboxylic acids is 2. The fourth-order valence-corrected chi connectivity index (χ4v) is 3.22. The molecule has 0 aliphatic carbocycles. The summed E-state index contributed by atoms with van der Waals surface area (Å²) in [4.78, 5) is 26.2. The molecule has 0 aliphatic rings. The van der Waals surface area contributed by atoms with Gasteiger partial charge in [0.25, 0.3) is 0 Å². The quantitative estimate of drug-likeness (QED) is 0.522. The van der Waals surface area contributed by atoms with E-state index in [4.69, 9.17) is 0 Å². The van der Waals surface area contributed by atoms with E-state index < -0.39 is 0 Å². The first-order valence-corrected chi connectivity index (χ1v) is 8.25. The standard InChI is InChI=1S/C19H11N3O2S/c23-10-12-1-5-14(6-2-12)16-9-20-17(19-18(16)21-25-22-19)15-7-3-13(11-24)4-8-15/h1-11H. The van der Waals surface area contributed by atoms with E-state index in [0.29, 0.717) is 11.1 Å². The largest absolute Gasteiger partial charge is 0.298 e. The van der Waals surface area contributed by atoms with Gasteiger partial charge in [0.05, 0.1) is 17.4 Å². The van der Waals surface area contributed by atoms with Gasteiger partial charge in [-0.15, -0.1) is 0 Å². The summed E-state index contributed by atoms with van der Waals surface area (Å²) in [5, 5.41) is 0. The first kappa shape index (κ1) is 15.3. The third kappa shape index (κ3) is 2.72. The first-order chi connectivity index (χ1) is 12.3. The predicted octanol–water partition coefficient (Wildman–Crippen LogP) is 4.05.